The normalized spacial score (nSPS) is 26.7. The molecule has 0 aromatic heterocycles. The van der Waals surface area contributed by atoms with Crippen molar-refractivity contribution in [2.45, 2.75) is 12.6 Å². The lowest BCUT2D eigenvalue weighted by Crippen LogP contribution is -2.21. The van der Waals surface area contributed by atoms with Crippen LogP contribution in [0.4, 0.5) is 0 Å². The van der Waals surface area contributed by atoms with Gasteiger partial charge in [-0.1, -0.05) is 36.4 Å². The van der Waals surface area contributed by atoms with Crippen LogP contribution in [0.15, 0.2) is 43.0 Å². The van der Waals surface area contributed by atoms with Gasteiger partial charge in [-0.15, -0.1) is 6.58 Å². The third-order valence-corrected chi connectivity index (χ3v) is 2.96. The van der Waals surface area contributed by atoms with Crippen molar-refractivity contribution in [3.63, 3.8) is 0 Å². The second kappa shape index (κ2) is 4.60. The minimum atomic E-state index is -0.244. The zero-order chi connectivity index (χ0) is 10.7. The average Bonchev–Trinajstić information content (AvgIpc) is 2.60. The molecule has 2 rings (SSSR count). The van der Waals surface area contributed by atoms with Crippen LogP contribution in [0.3, 0.4) is 0 Å². The first-order chi connectivity index (χ1) is 7.29. The zero-order valence-electron chi connectivity index (χ0n) is 8.84. The van der Waals surface area contributed by atoms with Gasteiger partial charge in [0.25, 0.3) is 0 Å². The zero-order valence-corrected chi connectivity index (χ0v) is 8.84. The van der Waals surface area contributed by atoms with Crippen LogP contribution in [0.5, 0.6) is 0 Å². The van der Waals surface area contributed by atoms with Gasteiger partial charge in [0.05, 0.1) is 6.10 Å². The van der Waals surface area contributed by atoms with Gasteiger partial charge in [0.2, 0.25) is 0 Å². The summed E-state index contributed by atoms with van der Waals surface area (Å²) in [5.74, 6) is 0.230. The van der Waals surface area contributed by atoms with Gasteiger partial charge >= 0.3 is 0 Å². The fraction of sp³-hybridized carbons (Fsp3) is 0.385. The van der Waals surface area contributed by atoms with Crippen molar-refractivity contribution in [2.24, 2.45) is 5.92 Å². The summed E-state index contributed by atoms with van der Waals surface area (Å²) in [5.41, 5.74) is 1.30. The van der Waals surface area contributed by atoms with Gasteiger partial charge in [0, 0.05) is 25.6 Å². The Hall–Kier alpha value is -1.12. The van der Waals surface area contributed by atoms with E-state index in [4.69, 9.17) is 0 Å². The Morgan fingerprint density at radius 3 is 2.67 bits per heavy atom. The van der Waals surface area contributed by atoms with E-state index in [2.05, 4.69) is 23.6 Å². The lowest BCUT2D eigenvalue weighted by Gasteiger charge is -2.14. The maximum atomic E-state index is 9.72. The highest BCUT2D eigenvalue weighted by molar-refractivity contribution is 5.15. The summed E-state index contributed by atoms with van der Waals surface area (Å²) >= 11 is 0. The summed E-state index contributed by atoms with van der Waals surface area (Å²) in [6.07, 6.45) is 1.61. The van der Waals surface area contributed by atoms with Crippen LogP contribution in [0.25, 0.3) is 0 Å². The van der Waals surface area contributed by atoms with Gasteiger partial charge in [-0.05, 0) is 5.56 Å². The van der Waals surface area contributed by atoms with Crippen LogP contribution < -0.4 is 0 Å². The van der Waals surface area contributed by atoms with Crippen molar-refractivity contribution in [1.82, 2.24) is 4.90 Å². The number of aliphatic hydroxyl groups excluding tert-OH is 1. The van der Waals surface area contributed by atoms with Gasteiger partial charge in [0.15, 0.2) is 0 Å². The molecule has 0 saturated carbocycles. The first-order valence-electron chi connectivity index (χ1n) is 5.36. The number of aliphatic hydroxyl groups is 1. The Balaban J connectivity index is 1.95. The molecule has 2 heteroatoms. The van der Waals surface area contributed by atoms with E-state index >= 15 is 0 Å². The maximum absolute atomic E-state index is 9.72. The van der Waals surface area contributed by atoms with E-state index in [1.165, 1.54) is 5.56 Å². The quantitative estimate of drug-likeness (QED) is 0.755. The second-order valence-electron chi connectivity index (χ2n) is 4.15. The molecule has 1 N–H and O–H groups in total. The molecule has 1 aromatic rings. The van der Waals surface area contributed by atoms with Crippen LogP contribution in [-0.4, -0.2) is 29.2 Å². The molecule has 1 heterocycles. The molecule has 1 aliphatic rings. The van der Waals surface area contributed by atoms with E-state index in [-0.39, 0.29) is 12.0 Å². The molecule has 0 amide bonds. The van der Waals surface area contributed by atoms with Crippen molar-refractivity contribution in [1.29, 1.82) is 0 Å². The van der Waals surface area contributed by atoms with E-state index in [1.54, 1.807) is 0 Å². The molecule has 0 aliphatic carbocycles. The van der Waals surface area contributed by atoms with Crippen LogP contribution >= 0.6 is 0 Å². The highest BCUT2D eigenvalue weighted by Crippen LogP contribution is 2.19. The molecule has 2 atom stereocenters. The number of likely N-dealkylation sites (tertiary alicyclic amines) is 1. The van der Waals surface area contributed by atoms with Crippen molar-refractivity contribution < 1.29 is 5.11 Å². The molecule has 15 heavy (non-hydrogen) atoms. The smallest absolute Gasteiger partial charge is 0.0741 e. The molecule has 0 radical (unpaired) electrons. The van der Waals surface area contributed by atoms with E-state index < -0.39 is 0 Å². The summed E-state index contributed by atoms with van der Waals surface area (Å²) in [6.45, 7) is 6.34. The molecule has 1 saturated heterocycles. The van der Waals surface area contributed by atoms with Crippen molar-refractivity contribution in [2.75, 3.05) is 13.1 Å². The van der Waals surface area contributed by atoms with Gasteiger partial charge in [-0.25, -0.2) is 0 Å². The van der Waals surface area contributed by atoms with E-state index in [0.717, 1.165) is 19.6 Å². The molecule has 1 fully saturated rings. The molecule has 2 nitrogen and oxygen atoms in total. The predicted molar refractivity (Wildman–Crippen MR) is 61.4 cm³/mol. The fourth-order valence-electron chi connectivity index (χ4n) is 2.10. The van der Waals surface area contributed by atoms with E-state index in [1.807, 2.05) is 24.3 Å². The number of benzene rings is 1. The number of rotatable bonds is 3. The van der Waals surface area contributed by atoms with Crippen LogP contribution in [0, 0.1) is 5.92 Å². The highest BCUT2D eigenvalue weighted by atomic mass is 16.3. The van der Waals surface area contributed by atoms with Crippen LogP contribution in [0.2, 0.25) is 0 Å². The summed E-state index contributed by atoms with van der Waals surface area (Å²) in [7, 11) is 0. The monoisotopic (exact) mass is 203 g/mol. The molecule has 0 unspecified atom stereocenters. The molecule has 80 valence electrons. The molecule has 1 aliphatic heterocycles. The Bertz CT molecular complexity index is 323. The van der Waals surface area contributed by atoms with E-state index in [9.17, 15) is 5.11 Å². The molecule has 1 aromatic carbocycles. The molecule has 0 bridgehead atoms. The first kappa shape index (κ1) is 10.4. The number of hydrogen-bond acceptors (Lipinski definition) is 2. The van der Waals surface area contributed by atoms with Gasteiger partial charge in [0.1, 0.15) is 0 Å². The lowest BCUT2D eigenvalue weighted by atomic mass is 10.1. The Kier molecular flexibility index (Phi) is 3.19. The Morgan fingerprint density at radius 1 is 1.33 bits per heavy atom. The fourth-order valence-corrected chi connectivity index (χ4v) is 2.10. The molecule has 0 spiro atoms. The lowest BCUT2D eigenvalue weighted by molar-refractivity contribution is 0.156. The number of nitrogens with zero attached hydrogens (tertiary/aromatic N) is 1. The third kappa shape index (κ3) is 2.46. The van der Waals surface area contributed by atoms with Crippen LogP contribution in [-0.2, 0) is 6.54 Å². The topological polar surface area (TPSA) is 23.5 Å². The van der Waals surface area contributed by atoms with Crippen molar-refractivity contribution in [3.05, 3.63) is 48.6 Å². The second-order valence-corrected chi connectivity index (χ2v) is 4.15. The number of hydrogen-bond donors (Lipinski definition) is 1. The van der Waals surface area contributed by atoms with E-state index in [0.29, 0.717) is 0 Å². The minimum Gasteiger partial charge on any atom is -0.391 e. The minimum absolute atomic E-state index is 0.230. The average molecular weight is 203 g/mol. The maximum Gasteiger partial charge on any atom is 0.0741 e. The highest BCUT2D eigenvalue weighted by Gasteiger charge is 2.28. The summed E-state index contributed by atoms with van der Waals surface area (Å²) in [4.78, 5) is 2.27. The molecular weight excluding hydrogens is 186 g/mol. The van der Waals surface area contributed by atoms with Crippen LogP contribution in [0.1, 0.15) is 5.56 Å². The molecular formula is C13H17NO. The van der Waals surface area contributed by atoms with Crippen molar-refractivity contribution >= 4 is 0 Å². The largest absolute Gasteiger partial charge is 0.391 e. The first-order valence-corrected chi connectivity index (χ1v) is 5.36. The third-order valence-electron chi connectivity index (χ3n) is 2.96. The Morgan fingerprint density at radius 2 is 2.07 bits per heavy atom. The van der Waals surface area contributed by atoms with Gasteiger partial charge < -0.3 is 5.11 Å². The summed E-state index contributed by atoms with van der Waals surface area (Å²) < 4.78 is 0. The number of β-amino-alcohol motifs (C(OH)–C–C–N with tert-alkyl or cyclic N) is 1. The Labute approximate surface area is 90.8 Å². The summed E-state index contributed by atoms with van der Waals surface area (Å²) in [5, 5.41) is 9.72. The standard InChI is InChI=1S/C13H17NO/c1-2-12-9-14(10-13(12)15)8-11-6-4-3-5-7-11/h2-7,12-13,15H,1,8-10H2/t12-,13-/m1/s1. The predicted octanol–water partition coefficient (Wildman–Crippen LogP) is 1.67. The van der Waals surface area contributed by atoms with Crippen molar-refractivity contribution in [3.8, 4) is 0 Å². The van der Waals surface area contributed by atoms with Gasteiger partial charge in [-0.3, -0.25) is 4.90 Å². The SMILES string of the molecule is C=C[C@@H]1CN(Cc2ccccc2)C[C@H]1O. The van der Waals surface area contributed by atoms with Gasteiger partial charge in [-0.2, -0.15) is 0 Å². The summed E-state index contributed by atoms with van der Waals surface area (Å²) in [6, 6.07) is 10.4.